The second kappa shape index (κ2) is 6.64. The van der Waals surface area contributed by atoms with E-state index in [4.69, 9.17) is 27.6 Å². The summed E-state index contributed by atoms with van der Waals surface area (Å²) >= 11 is 12.1. The van der Waals surface area contributed by atoms with Gasteiger partial charge in [-0.25, -0.2) is 0 Å². The first-order chi connectivity index (χ1) is 11.1. The van der Waals surface area contributed by atoms with E-state index in [1.807, 2.05) is 0 Å². The van der Waals surface area contributed by atoms with Gasteiger partial charge in [-0.1, -0.05) is 29.3 Å². The number of nitrogens with zero attached hydrogens (tertiary/aromatic N) is 1. The quantitative estimate of drug-likeness (QED) is 0.918. The molecule has 1 saturated heterocycles. The van der Waals surface area contributed by atoms with E-state index in [0.29, 0.717) is 28.0 Å². The van der Waals surface area contributed by atoms with Gasteiger partial charge < -0.3 is 14.6 Å². The molecule has 0 bridgehead atoms. The fraction of sp³-hybridized carbons (Fsp3) is 0.250. The highest BCUT2D eigenvalue weighted by Gasteiger charge is 2.36. The Bertz CT molecular complexity index is 731. The monoisotopic (exact) mass is 352 g/mol. The van der Waals surface area contributed by atoms with E-state index in [1.54, 1.807) is 36.6 Å². The van der Waals surface area contributed by atoms with Crippen molar-refractivity contribution in [1.29, 1.82) is 0 Å². The summed E-state index contributed by atoms with van der Waals surface area (Å²) in [4.78, 5) is 25.9. The van der Waals surface area contributed by atoms with Crippen LogP contribution in [0, 0.1) is 5.92 Å². The Kier molecular flexibility index (Phi) is 4.59. The molecule has 1 aliphatic rings. The lowest BCUT2D eigenvalue weighted by atomic mass is 10.1. The molecule has 0 spiro atoms. The number of rotatable bonds is 4. The number of anilines is 1. The number of hydrogen-bond acceptors (Lipinski definition) is 3. The summed E-state index contributed by atoms with van der Waals surface area (Å²) in [6.07, 6.45) is 1.69. The average molecular weight is 353 g/mol. The summed E-state index contributed by atoms with van der Waals surface area (Å²) in [6, 6.07) is 8.62. The van der Waals surface area contributed by atoms with Crippen LogP contribution >= 0.6 is 23.2 Å². The molecule has 1 aliphatic heterocycles. The van der Waals surface area contributed by atoms with Crippen LogP contribution in [0.5, 0.6) is 0 Å². The molecule has 0 radical (unpaired) electrons. The summed E-state index contributed by atoms with van der Waals surface area (Å²) < 4.78 is 5.16. The van der Waals surface area contributed by atoms with Crippen LogP contribution < -0.4 is 10.2 Å². The van der Waals surface area contributed by atoms with Gasteiger partial charge in [-0.3, -0.25) is 9.59 Å². The highest BCUT2D eigenvalue weighted by Crippen LogP contribution is 2.35. The lowest BCUT2D eigenvalue weighted by Crippen LogP contribution is -2.32. The van der Waals surface area contributed by atoms with Crippen LogP contribution in [0.25, 0.3) is 0 Å². The molecule has 2 aromatic rings. The molecule has 1 aromatic carbocycles. The standard InChI is InChI=1S/C16H14Cl2N2O3/c17-12-4-1-5-13(15(12)18)20-9-10(7-14(20)21)16(22)19-8-11-3-2-6-23-11/h1-6,10H,7-9H2,(H,19,22)/t10-/m1/s1. The Morgan fingerprint density at radius 2 is 2.13 bits per heavy atom. The Morgan fingerprint density at radius 1 is 1.30 bits per heavy atom. The average Bonchev–Trinajstić information content (AvgIpc) is 3.17. The fourth-order valence-corrected chi connectivity index (χ4v) is 2.95. The molecule has 3 rings (SSSR count). The van der Waals surface area contributed by atoms with Crippen LogP contribution in [0.4, 0.5) is 5.69 Å². The van der Waals surface area contributed by atoms with E-state index in [1.165, 1.54) is 4.90 Å². The van der Waals surface area contributed by atoms with E-state index in [-0.39, 0.29) is 24.8 Å². The van der Waals surface area contributed by atoms with Crippen molar-refractivity contribution in [3.8, 4) is 0 Å². The smallest absolute Gasteiger partial charge is 0.227 e. The van der Waals surface area contributed by atoms with Crippen molar-refractivity contribution in [1.82, 2.24) is 5.32 Å². The first kappa shape index (κ1) is 15.9. The first-order valence-corrected chi connectivity index (χ1v) is 7.86. The number of nitrogens with one attached hydrogen (secondary N) is 1. The third-order valence-electron chi connectivity index (χ3n) is 3.73. The van der Waals surface area contributed by atoms with Crippen LogP contribution in [0.1, 0.15) is 12.2 Å². The van der Waals surface area contributed by atoms with Crippen molar-refractivity contribution in [2.24, 2.45) is 5.92 Å². The minimum Gasteiger partial charge on any atom is -0.467 e. The van der Waals surface area contributed by atoms with Crippen LogP contribution in [0.3, 0.4) is 0 Å². The van der Waals surface area contributed by atoms with Gasteiger partial charge in [0.05, 0.1) is 34.5 Å². The third kappa shape index (κ3) is 3.35. The molecule has 7 heteroatoms. The maximum atomic E-state index is 12.2. The molecule has 1 atom stereocenters. The van der Waals surface area contributed by atoms with Gasteiger partial charge in [-0.2, -0.15) is 0 Å². The third-order valence-corrected chi connectivity index (χ3v) is 4.54. The Balaban J connectivity index is 1.67. The molecule has 1 fully saturated rings. The molecule has 5 nitrogen and oxygen atoms in total. The molecule has 0 aliphatic carbocycles. The van der Waals surface area contributed by atoms with Crippen molar-refractivity contribution in [2.45, 2.75) is 13.0 Å². The topological polar surface area (TPSA) is 62.6 Å². The molecular weight excluding hydrogens is 339 g/mol. The van der Waals surface area contributed by atoms with Gasteiger partial charge in [-0.05, 0) is 24.3 Å². The van der Waals surface area contributed by atoms with Crippen molar-refractivity contribution in [2.75, 3.05) is 11.4 Å². The summed E-state index contributed by atoms with van der Waals surface area (Å²) in [5.41, 5.74) is 0.533. The zero-order valence-electron chi connectivity index (χ0n) is 12.1. The van der Waals surface area contributed by atoms with Crippen LogP contribution in [-0.2, 0) is 16.1 Å². The maximum Gasteiger partial charge on any atom is 0.227 e. The minimum atomic E-state index is -0.424. The van der Waals surface area contributed by atoms with Crippen LogP contribution in [0.15, 0.2) is 41.0 Å². The molecule has 23 heavy (non-hydrogen) atoms. The molecule has 0 saturated carbocycles. The summed E-state index contributed by atoms with van der Waals surface area (Å²) in [6.45, 7) is 0.581. The summed E-state index contributed by atoms with van der Waals surface area (Å²) in [5.74, 6) is -0.0901. The van der Waals surface area contributed by atoms with Crippen molar-refractivity contribution in [3.63, 3.8) is 0 Å². The zero-order chi connectivity index (χ0) is 16.4. The molecule has 1 N–H and O–H groups in total. The molecule has 2 amide bonds. The minimum absolute atomic E-state index is 0.146. The van der Waals surface area contributed by atoms with E-state index in [9.17, 15) is 9.59 Å². The normalized spacial score (nSPS) is 17.6. The number of furan rings is 1. The van der Waals surface area contributed by atoms with Gasteiger partial charge in [0.1, 0.15) is 5.76 Å². The van der Waals surface area contributed by atoms with Gasteiger partial charge in [0, 0.05) is 13.0 Å². The van der Waals surface area contributed by atoms with Crippen molar-refractivity contribution in [3.05, 3.63) is 52.4 Å². The Morgan fingerprint density at radius 3 is 2.87 bits per heavy atom. The second-order valence-electron chi connectivity index (χ2n) is 5.28. The molecule has 1 aromatic heterocycles. The Hall–Kier alpha value is -1.98. The fourth-order valence-electron chi connectivity index (χ4n) is 2.55. The van der Waals surface area contributed by atoms with E-state index in [2.05, 4.69) is 5.32 Å². The number of halogens is 2. The zero-order valence-corrected chi connectivity index (χ0v) is 13.6. The van der Waals surface area contributed by atoms with Gasteiger partial charge in [0.25, 0.3) is 0 Å². The lowest BCUT2D eigenvalue weighted by Gasteiger charge is -2.18. The van der Waals surface area contributed by atoms with Crippen molar-refractivity contribution < 1.29 is 14.0 Å². The summed E-state index contributed by atoms with van der Waals surface area (Å²) in [5, 5.41) is 3.47. The van der Waals surface area contributed by atoms with Crippen molar-refractivity contribution >= 4 is 40.7 Å². The summed E-state index contributed by atoms with van der Waals surface area (Å²) in [7, 11) is 0. The van der Waals surface area contributed by atoms with Gasteiger partial charge in [0.2, 0.25) is 11.8 Å². The lowest BCUT2D eigenvalue weighted by molar-refractivity contribution is -0.126. The molecule has 0 unspecified atom stereocenters. The van der Waals surface area contributed by atoms with E-state index in [0.717, 1.165) is 0 Å². The number of hydrogen-bond donors (Lipinski definition) is 1. The van der Waals surface area contributed by atoms with E-state index < -0.39 is 5.92 Å². The maximum absolute atomic E-state index is 12.2. The largest absolute Gasteiger partial charge is 0.467 e. The number of carbonyl (C=O) groups excluding carboxylic acids is 2. The van der Waals surface area contributed by atoms with Gasteiger partial charge >= 0.3 is 0 Å². The molecule has 120 valence electrons. The predicted molar refractivity (Wildman–Crippen MR) is 87.5 cm³/mol. The molecular formula is C16H14Cl2N2O3. The first-order valence-electron chi connectivity index (χ1n) is 7.10. The van der Waals surface area contributed by atoms with Crippen LogP contribution in [0.2, 0.25) is 10.0 Å². The number of amides is 2. The highest BCUT2D eigenvalue weighted by atomic mass is 35.5. The number of carbonyl (C=O) groups is 2. The van der Waals surface area contributed by atoms with Crippen LogP contribution in [-0.4, -0.2) is 18.4 Å². The van der Waals surface area contributed by atoms with Gasteiger partial charge in [0.15, 0.2) is 0 Å². The number of benzene rings is 1. The second-order valence-corrected chi connectivity index (χ2v) is 6.06. The Labute approximate surface area is 143 Å². The molecule has 2 heterocycles. The SMILES string of the molecule is O=C(NCc1ccco1)[C@@H]1CC(=O)N(c2cccc(Cl)c2Cl)C1. The highest BCUT2D eigenvalue weighted by molar-refractivity contribution is 6.44. The predicted octanol–water partition coefficient (Wildman–Crippen LogP) is 3.26. The van der Waals surface area contributed by atoms with E-state index >= 15 is 0 Å². The van der Waals surface area contributed by atoms with Gasteiger partial charge in [-0.15, -0.1) is 0 Å².